The Morgan fingerprint density at radius 3 is 2.54 bits per heavy atom. The molecular weight excluding hydrogens is 634 g/mol. The van der Waals surface area contributed by atoms with Gasteiger partial charge in [-0.25, -0.2) is 4.39 Å². The molecule has 238 valence electrons. The molecule has 1 amide bonds. The number of ketones is 1. The second-order valence-corrected chi connectivity index (χ2v) is 12.5. The van der Waals surface area contributed by atoms with Crippen molar-refractivity contribution in [2.45, 2.75) is 36.4 Å². The molecule has 3 heterocycles. The van der Waals surface area contributed by atoms with E-state index in [1.807, 2.05) is 13.8 Å². The van der Waals surface area contributed by atoms with Crippen LogP contribution in [-0.2, 0) is 15.3 Å². The van der Waals surface area contributed by atoms with E-state index in [2.05, 4.69) is 10.2 Å². The number of aliphatic hydroxyl groups is 1. The first-order chi connectivity index (χ1) is 22.4. The molecule has 2 aliphatic rings. The van der Waals surface area contributed by atoms with Gasteiger partial charge in [0.25, 0.3) is 5.78 Å². The highest BCUT2D eigenvalue weighted by Crippen LogP contribution is 2.46. The molecule has 6 rings (SSSR count). The third-order valence-corrected chi connectivity index (χ3v) is 9.31. The number of hydrogen-bond acceptors (Lipinski definition) is 11. The number of fused-ring (bicyclic) bond motifs is 1. The first-order valence-electron chi connectivity index (χ1n) is 14.7. The molecule has 3 aromatic carbocycles. The topological polar surface area (TPSA) is 120 Å². The van der Waals surface area contributed by atoms with Crippen molar-refractivity contribution in [3.63, 3.8) is 0 Å². The molecule has 2 aliphatic heterocycles. The zero-order valence-electron chi connectivity index (χ0n) is 25.0. The monoisotopic (exact) mass is 663 g/mol. The average molecular weight is 664 g/mol. The summed E-state index contributed by atoms with van der Waals surface area (Å²) in [5, 5.41) is 20.3. The number of thioether (sulfide) groups is 1. The number of amides is 1. The average Bonchev–Trinajstić information content (AvgIpc) is 3.65. The van der Waals surface area contributed by atoms with E-state index >= 15 is 0 Å². The lowest BCUT2D eigenvalue weighted by atomic mass is 9.95. The van der Waals surface area contributed by atoms with E-state index in [0.29, 0.717) is 65.1 Å². The Morgan fingerprint density at radius 2 is 1.78 bits per heavy atom. The van der Waals surface area contributed by atoms with E-state index in [1.165, 1.54) is 28.8 Å². The molecule has 46 heavy (non-hydrogen) atoms. The van der Waals surface area contributed by atoms with Crippen LogP contribution in [0.5, 0.6) is 23.0 Å². The molecule has 1 unspecified atom stereocenters. The van der Waals surface area contributed by atoms with Crippen molar-refractivity contribution in [3.05, 3.63) is 88.7 Å². The normalized spacial score (nSPS) is 16.9. The summed E-state index contributed by atoms with van der Waals surface area (Å²) in [6.07, 6.45) is 0.793. The summed E-state index contributed by atoms with van der Waals surface area (Å²) in [7, 11) is 0. The number of halogens is 1. The summed E-state index contributed by atoms with van der Waals surface area (Å²) in [4.78, 5) is 28.7. The maximum atomic E-state index is 13.7. The fourth-order valence-electron chi connectivity index (χ4n) is 5.07. The van der Waals surface area contributed by atoms with Crippen molar-refractivity contribution in [2.75, 3.05) is 31.3 Å². The minimum Gasteiger partial charge on any atom is -0.507 e. The quantitative estimate of drug-likeness (QED) is 0.0622. The minimum atomic E-state index is -1.06. The van der Waals surface area contributed by atoms with Gasteiger partial charge >= 0.3 is 5.91 Å². The highest BCUT2D eigenvalue weighted by Gasteiger charge is 2.48. The number of aliphatic hydroxyl groups excluding tert-OH is 1. The smallest absolute Gasteiger partial charge is 0.301 e. The first kappa shape index (κ1) is 31.4. The Kier molecular flexibility index (Phi) is 9.41. The molecule has 0 aliphatic carbocycles. The van der Waals surface area contributed by atoms with Gasteiger partial charge in [-0.3, -0.25) is 14.5 Å². The lowest BCUT2D eigenvalue weighted by Crippen LogP contribution is -2.29. The molecule has 4 aromatic rings. The number of rotatable bonds is 11. The number of ether oxygens (including phenoxy) is 4. The molecule has 0 radical (unpaired) electrons. The fourth-order valence-corrected chi connectivity index (χ4v) is 6.89. The predicted octanol–water partition coefficient (Wildman–Crippen LogP) is 6.55. The maximum absolute atomic E-state index is 13.7. The standard InChI is InChI=1S/C33H30FN3O7S2/c1-3-13-42-23-11-7-20(16-25(23)41-4-2)28-27(29(38)21-8-12-24-26(17-21)44-15-14-43-24)30(39)31(40)37(28)32-35-36-33(46-32)45-18-19-5-9-22(34)10-6-19/h5-12,16-17,28,38H,3-4,13-15,18H2,1-2H3/b29-27+. The second kappa shape index (κ2) is 13.8. The predicted molar refractivity (Wildman–Crippen MR) is 171 cm³/mol. The van der Waals surface area contributed by atoms with Crippen LogP contribution in [0, 0.1) is 5.82 Å². The van der Waals surface area contributed by atoms with E-state index in [4.69, 9.17) is 18.9 Å². The van der Waals surface area contributed by atoms with Gasteiger partial charge in [0.15, 0.2) is 27.3 Å². The Hall–Kier alpha value is -4.62. The first-order valence-corrected chi connectivity index (χ1v) is 16.5. The Labute approximate surface area is 272 Å². The van der Waals surface area contributed by atoms with Crippen LogP contribution in [0.25, 0.3) is 5.76 Å². The van der Waals surface area contributed by atoms with Crippen molar-refractivity contribution >= 4 is 45.7 Å². The Morgan fingerprint density at radius 1 is 1.00 bits per heavy atom. The number of nitrogens with zero attached hydrogens (tertiary/aromatic N) is 3. The lowest BCUT2D eigenvalue weighted by Gasteiger charge is -2.24. The summed E-state index contributed by atoms with van der Waals surface area (Å²) in [5.41, 5.74) is 1.55. The SMILES string of the molecule is CCCOc1ccc(C2/C(=C(\O)c3ccc4c(c3)OCCO4)C(=O)C(=O)N2c2nnc(SCc3ccc(F)cc3)s2)cc1OCC. The van der Waals surface area contributed by atoms with Gasteiger partial charge < -0.3 is 24.1 Å². The maximum Gasteiger partial charge on any atom is 0.301 e. The van der Waals surface area contributed by atoms with E-state index in [0.717, 1.165) is 23.3 Å². The number of Topliss-reactive ketones (excluding diaryl/α,β-unsaturated/α-hetero) is 1. The van der Waals surface area contributed by atoms with Gasteiger partial charge in [0.1, 0.15) is 24.8 Å². The summed E-state index contributed by atoms with van der Waals surface area (Å²) >= 11 is 2.51. The van der Waals surface area contributed by atoms with E-state index in [1.54, 1.807) is 48.5 Å². The van der Waals surface area contributed by atoms with Crippen LogP contribution in [0.4, 0.5) is 9.52 Å². The Bertz CT molecular complexity index is 1790. The number of carbonyl (C=O) groups excluding carboxylic acids is 2. The van der Waals surface area contributed by atoms with Crippen molar-refractivity contribution in [1.82, 2.24) is 10.2 Å². The van der Waals surface area contributed by atoms with Gasteiger partial charge in [-0.2, -0.15) is 0 Å². The van der Waals surface area contributed by atoms with Crippen LogP contribution < -0.4 is 23.8 Å². The van der Waals surface area contributed by atoms with Gasteiger partial charge in [-0.05, 0) is 66.9 Å². The van der Waals surface area contributed by atoms with Crippen molar-refractivity contribution < 1.29 is 38.0 Å². The number of hydrogen-bond donors (Lipinski definition) is 1. The van der Waals surface area contributed by atoms with E-state index < -0.39 is 17.7 Å². The molecule has 0 saturated carbocycles. The molecule has 1 aromatic heterocycles. The van der Waals surface area contributed by atoms with Crippen LogP contribution in [0.2, 0.25) is 0 Å². The lowest BCUT2D eigenvalue weighted by molar-refractivity contribution is -0.132. The number of benzene rings is 3. The minimum absolute atomic E-state index is 0.123. The van der Waals surface area contributed by atoms with Crippen LogP contribution in [-0.4, -0.2) is 53.4 Å². The summed E-state index contributed by atoms with van der Waals surface area (Å²) in [5.74, 6) is -0.0428. The summed E-state index contributed by atoms with van der Waals surface area (Å²) in [6, 6.07) is 15.1. The summed E-state index contributed by atoms with van der Waals surface area (Å²) in [6.45, 7) is 5.41. The molecule has 10 nitrogen and oxygen atoms in total. The molecule has 1 saturated heterocycles. The number of anilines is 1. The number of aromatic nitrogens is 2. The van der Waals surface area contributed by atoms with Gasteiger partial charge in [-0.15, -0.1) is 10.2 Å². The number of carbonyl (C=O) groups is 2. The largest absolute Gasteiger partial charge is 0.507 e. The van der Waals surface area contributed by atoms with Crippen molar-refractivity contribution in [1.29, 1.82) is 0 Å². The zero-order valence-corrected chi connectivity index (χ0v) is 26.7. The summed E-state index contributed by atoms with van der Waals surface area (Å²) < 4.78 is 36.9. The van der Waals surface area contributed by atoms with E-state index in [-0.39, 0.29) is 27.8 Å². The second-order valence-electron chi connectivity index (χ2n) is 10.3. The molecule has 13 heteroatoms. The van der Waals surface area contributed by atoms with Gasteiger partial charge in [0, 0.05) is 11.3 Å². The van der Waals surface area contributed by atoms with Crippen molar-refractivity contribution in [2.24, 2.45) is 0 Å². The van der Waals surface area contributed by atoms with Gasteiger partial charge in [0.05, 0.1) is 24.8 Å². The molecule has 1 fully saturated rings. The van der Waals surface area contributed by atoms with Gasteiger partial charge in [-0.1, -0.05) is 48.2 Å². The highest BCUT2D eigenvalue weighted by atomic mass is 32.2. The third-order valence-electron chi connectivity index (χ3n) is 7.18. The highest BCUT2D eigenvalue weighted by molar-refractivity contribution is 8.00. The van der Waals surface area contributed by atoms with Crippen molar-refractivity contribution in [3.8, 4) is 23.0 Å². The molecule has 0 bridgehead atoms. The van der Waals surface area contributed by atoms with Crippen LogP contribution in [0.3, 0.4) is 0 Å². The van der Waals surface area contributed by atoms with Crippen LogP contribution in [0.15, 0.2) is 70.6 Å². The molecular formula is C33H30FN3O7S2. The van der Waals surface area contributed by atoms with Crippen LogP contribution in [0.1, 0.15) is 43.0 Å². The Balaban J connectivity index is 1.42. The molecule has 1 atom stereocenters. The molecule has 0 spiro atoms. The van der Waals surface area contributed by atoms with Gasteiger partial charge in [0.2, 0.25) is 5.13 Å². The molecule has 1 N–H and O–H groups in total. The van der Waals surface area contributed by atoms with E-state index in [9.17, 15) is 19.1 Å². The van der Waals surface area contributed by atoms with Crippen LogP contribution >= 0.6 is 23.1 Å². The fraction of sp³-hybridized carbons (Fsp3) is 0.273. The zero-order chi connectivity index (χ0) is 32.2. The third kappa shape index (κ3) is 6.38.